The minimum absolute atomic E-state index is 0.0259. The van der Waals surface area contributed by atoms with Crippen molar-refractivity contribution >= 4 is 34.4 Å². The van der Waals surface area contributed by atoms with Crippen LogP contribution in [0.3, 0.4) is 0 Å². The molecule has 26 heavy (non-hydrogen) atoms. The van der Waals surface area contributed by atoms with Crippen LogP contribution < -0.4 is 11.1 Å². The Kier molecular flexibility index (Phi) is 3.65. The van der Waals surface area contributed by atoms with Crippen LogP contribution >= 0.6 is 0 Å². The van der Waals surface area contributed by atoms with Crippen LogP contribution in [-0.4, -0.2) is 30.5 Å². The average molecular weight is 347 g/mol. The first-order chi connectivity index (χ1) is 12.5. The molecule has 0 aliphatic rings. The largest absolute Gasteiger partial charge is 0.368 e. The second kappa shape index (κ2) is 5.99. The van der Waals surface area contributed by atoms with Crippen molar-refractivity contribution in [1.82, 2.24) is 24.5 Å². The molecule has 2 aromatic carbocycles. The lowest BCUT2D eigenvalue weighted by Crippen LogP contribution is -2.16. The van der Waals surface area contributed by atoms with Gasteiger partial charge in [0.1, 0.15) is 0 Å². The third-order valence-electron chi connectivity index (χ3n) is 3.97. The zero-order chi connectivity index (χ0) is 18.3. The van der Waals surface area contributed by atoms with Crippen molar-refractivity contribution in [3.05, 3.63) is 59.8 Å². The summed E-state index contributed by atoms with van der Waals surface area (Å²) in [5.41, 5.74) is 8.97. The summed E-state index contributed by atoms with van der Waals surface area (Å²) in [6, 6.07) is 13.0. The zero-order valence-electron chi connectivity index (χ0n) is 14.3. The van der Waals surface area contributed by atoms with E-state index in [9.17, 15) is 4.79 Å². The molecule has 0 radical (unpaired) electrons. The third-order valence-corrected chi connectivity index (χ3v) is 3.97. The number of benzene rings is 2. The number of rotatable bonds is 3. The molecule has 8 nitrogen and oxygen atoms in total. The summed E-state index contributed by atoms with van der Waals surface area (Å²) in [7, 11) is 1.87. The van der Waals surface area contributed by atoms with Crippen LogP contribution in [0.4, 0.5) is 17.6 Å². The van der Waals surface area contributed by atoms with Crippen molar-refractivity contribution < 1.29 is 4.79 Å². The minimum Gasteiger partial charge on any atom is -0.368 e. The number of nitrogens with zero attached hydrogens (tertiary/aromatic N) is 5. The molecular weight excluding hydrogens is 330 g/mol. The van der Waals surface area contributed by atoms with Crippen molar-refractivity contribution in [1.29, 1.82) is 0 Å². The fourth-order valence-corrected chi connectivity index (χ4v) is 2.77. The van der Waals surface area contributed by atoms with E-state index in [1.54, 1.807) is 16.8 Å². The molecule has 0 unspecified atom stereocenters. The maximum atomic E-state index is 12.6. The van der Waals surface area contributed by atoms with Gasteiger partial charge in [0.25, 0.3) is 5.91 Å². The molecule has 0 fully saturated rings. The topological polar surface area (TPSA) is 104 Å². The highest BCUT2D eigenvalue weighted by Crippen LogP contribution is 2.20. The van der Waals surface area contributed by atoms with E-state index in [1.165, 1.54) is 0 Å². The highest BCUT2D eigenvalue weighted by molar-refractivity contribution is 5.97. The lowest BCUT2D eigenvalue weighted by molar-refractivity contribution is 0.0948. The fourth-order valence-electron chi connectivity index (χ4n) is 2.77. The van der Waals surface area contributed by atoms with Gasteiger partial charge in [0.2, 0.25) is 11.9 Å². The molecule has 3 N–H and O–H groups in total. The number of hydrogen-bond acceptors (Lipinski definition) is 6. The van der Waals surface area contributed by atoms with E-state index in [1.807, 2.05) is 50.5 Å². The number of nitrogens with one attached hydrogen (secondary N) is 1. The van der Waals surface area contributed by atoms with Gasteiger partial charge in [0.05, 0.1) is 5.52 Å². The predicted molar refractivity (Wildman–Crippen MR) is 99.3 cm³/mol. The van der Waals surface area contributed by atoms with Crippen LogP contribution in [-0.2, 0) is 7.05 Å². The van der Waals surface area contributed by atoms with Crippen molar-refractivity contribution in [3.63, 3.8) is 0 Å². The maximum absolute atomic E-state index is 12.6. The first-order valence-corrected chi connectivity index (χ1v) is 8.04. The molecule has 4 rings (SSSR count). The van der Waals surface area contributed by atoms with Gasteiger partial charge in [0, 0.05) is 29.9 Å². The van der Waals surface area contributed by atoms with Crippen molar-refractivity contribution in [2.45, 2.75) is 6.92 Å². The second-order valence-corrected chi connectivity index (χ2v) is 6.08. The molecule has 0 atom stereocenters. The number of fused-ring (bicyclic) bond motifs is 1. The highest BCUT2D eigenvalue weighted by atomic mass is 16.2. The van der Waals surface area contributed by atoms with Crippen LogP contribution in [0.15, 0.2) is 48.7 Å². The van der Waals surface area contributed by atoms with Crippen molar-refractivity contribution in [2.24, 2.45) is 7.05 Å². The van der Waals surface area contributed by atoms with Gasteiger partial charge in [-0.1, -0.05) is 17.7 Å². The Labute approximate surface area is 149 Å². The minimum atomic E-state index is -0.327. The number of hydrogen-bond donors (Lipinski definition) is 2. The standard InChI is InChI=1S/C18H17N7O/c1-11-4-3-5-12(8-11)16(26)25-17(19)21-18(23-25)20-14-7-6-13-10-24(2)22-15(13)9-14/h3-10H,1-2H3,(H3,19,20,21,23). The van der Waals surface area contributed by atoms with E-state index in [0.29, 0.717) is 5.56 Å². The lowest BCUT2D eigenvalue weighted by atomic mass is 10.1. The van der Waals surface area contributed by atoms with Gasteiger partial charge < -0.3 is 11.1 Å². The predicted octanol–water partition coefficient (Wildman–Crippen LogP) is 2.49. The van der Waals surface area contributed by atoms with E-state index >= 15 is 0 Å². The molecule has 0 aliphatic carbocycles. The molecule has 0 spiro atoms. The lowest BCUT2D eigenvalue weighted by Gasteiger charge is -2.03. The average Bonchev–Trinajstić information content (AvgIpc) is 3.15. The highest BCUT2D eigenvalue weighted by Gasteiger charge is 2.16. The Morgan fingerprint density at radius 2 is 2.00 bits per heavy atom. The summed E-state index contributed by atoms with van der Waals surface area (Å²) in [5, 5.41) is 12.6. The molecule has 4 aromatic rings. The fraction of sp³-hybridized carbons (Fsp3) is 0.111. The van der Waals surface area contributed by atoms with E-state index in [0.717, 1.165) is 26.8 Å². The van der Waals surface area contributed by atoms with E-state index in [-0.39, 0.29) is 17.8 Å². The number of nitrogens with two attached hydrogens (primary N) is 1. The molecule has 2 heterocycles. The number of aromatic nitrogens is 5. The zero-order valence-corrected chi connectivity index (χ0v) is 14.3. The summed E-state index contributed by atoms with van der Waals surface area (Å²) in [6.45, 7) is 1.92. The second-order valence-electron chi connectivity index (χ2n) is 6.08. The van der Waals surface area contributed by atoms with E-state index in [2.05, 4.69) is 20.5 Å². The Morgan fingerprint density at radius 3 is 2.81 bits per heavy atom. The summed E-state index contributed by atoms with van der Waals surface area (Å²) in [4.78, 5) is 16.7. The van der Waals surface area contributed by atoms with E-state index < -0.39 is 0 Å². The molecule has 0 amide bonds. The van der Waals surface area contributed by atoms with Gasteiger partial charge in [0.15, 0.2) is 0 Å². The Bertz CT molecular complexity index is 1130. The Hall–Kier alpha value is -3.68. The third kappa shape index (κ3) is 2.88. The molecule has 8 heteroatoms. The number of carbonyl (C=O) groups is 1. The summed E-state index contributed by atoms with van der Waals surface area (Å²) >= 11 is 0. The van der Waals surface area contributed by atoms with Crippen LogP contribution in [0, 0.1) is 6.92 Å². The number of anilines is 3. The van der Waals surface area contributed by atoms with Gasteiger partial charge >= 0.3 is 0 Å². The molecule has 0 aliphatic heterocycles. The number of carbonyl (C=O) groups excluding carboxylic acids is 1. The molecule has 0 saturated carbocycles. The van der Waals surface area contributed by atoms with Gasteiger partial charge in [-0.15, -0.1) is 5.10 Å². The normalized spacial score (nSPS) is 11.0. The molecular formula is C18H17N7O. The van der Waals surface area contributed by atoms with Crippen LogP contribution in [0.5, 0.6) is 0 Å². The quantitative estimate of drug-likeness (QED) is 0.590. The first-order valence-electron chi connectivity index (χ1n) is 8.04. The van der Waals surface area contributed by atoms with Crippen LogP contribution in [0.2, 0.25) is 0 Å². The molecule has 2 aromatic heterocycles. The van der Waals surface area contributed by atoms with Crippen LogP contribution in [0.1, 0.15) is 15.9 Å². The molecule has 130 valence electrons. The van der Waals surface area contributed by atoms with Crippen molar-refractivity contribution in [3.8, 4) is 0 Å². The van der Waals surface area contributed by atoms with Gasteiger partial charge in [-0.05, 0) is 37.3 Å². The van der Waals surface area contributed by atoms with Gasteiger partial charge in [-0.25, -0.2) is 0 Å². The first kappa shape index (κ1) is 15.8. The number of aryl methyl sites for hydroxylation is 2. The number of nitrogen functional groups attached to an aromatic ring is 1. The molecule has 0 bridgehead atoms. The van der Waals surface area contributed by atoms with Crippen molar-refractivity contribution in [2.75, 3.05) is 11.1 Å². The summed E-state index contributed by atoms with van der Waals surface area (Å²) < 4.78 is 2.84. The SMILES string of the molecule is Cc1cccc(C(=O)n2nc(Nc3ccc4cn(C)nc4c3)nc2N)c1. The van der Waals surface area contributed by atoms with Crippen LogP contribution in [0.25, 0.3) is 10.9 Å². The summed E-state index contributed by atoms with van der Waals surface area (Å²) in [5.74, 6) is -0.0522. The maximum Gasteiger partial charge on any atom is 0.281 e. The van der Waals surface area contributed by atoms with E-state index in [4.69, 9.17) is 5.73 Å². The van der Waals surface area contributed by atoms with Gasteiger partial charge in [-0.3, -0.25) is 9.48 Å². The Balaban J connectivity index is 1.62. The molecule has 0 saturated heterocycles. The Morgan fingerprint density at radius 1 is 1.15 bits per heavy atom. The smallest absolute Gasteiger partial charge is 0.281 e. The van der Waals surface area contributed by atoms with Gasteiger partial charge in [-0.2, -0.15) is 14.8 Å². The summed E-state index contributed by atoms with van der Waals surface area (Å²) in [6.07, 6.45) is 1.94. The monoisotopic (exact) mass is 347 g/mol.